The van der Waals surface area contributed by atoms with E-state index in [1.54, 1.807) is 0 Å². The topological polar surface area (TPSA) is 24.1 Å². The van der Waals surface area contributed by atoms with E-state index in [9.17, 15) is 0 Å². The van der Waals surface area contributed by atoms with E-state index < -0.39 is 0 Å². The molecule has 0 aliphatic rings. The standard InChI is InChI=1S/C20H24N2S4/c23-19(21-15-7-13-17-9-3-1-4-10-17)25-26-20(24)22-16-8-14-18-11-5-2-6-12-18/h1-6,9-12H,7-8,13-16H2,(H,21,23)(H,22,24). The summed E-state index contributed by atoms with van der Waals surface area (Å²) >= 11 is 10.7. The number of aryl methyl sites for hydroxylation is 2. The molecular formula is C20H24N2S4. The molecule has 0 heterocycles. The number of hydrogen-bond acceptors (Lipinski definition) is 4. The maximum atomic E-state index is 5.35. The Morgan fingerprint density at radius 2 is 1.04 bits per heavy atom. The van der Waals surface area contributed by atoms with E-state index in [2.05, 4.69) is 59.2 Å². The zero-order valence-electron chi connectivity index (χ0n) is 14.6. The predicted molar refractivity (Wildman–Crippen MR) is 126 cm³/mol. The van der Waals surface area contributed by atoms with Crippen LogP contribution in [0.5, 0.6) is 0 Å². The van der Waals surface area contributed by atoms with E-state index in [0.29, 0.717) is 0 Å². The van der Waals surface area contributed by atoms with Gasteiger partial charge in [-0.1, -0.05) is 85.1 Å². The Balaban J connectivity index is 1.47. The summed E-state index contributed by atoms with van der Waals surface area (Å²) in [5.41, 5.74) is 2.73. The molecule has 0 aliphatic carbocycles. The molecule has 2 nitrogen and oxygen atoms in total. The van der Waals surface area contributed by atoms with Crippen molar-refractivity contribution >= 4 is 54.7 Å². The van der Waals surface area contributed by atoms with Crippen molar-refractivity contribution < 1.29 is 0 Å². The second-order valence-corrected chi connectivity index (χ2v) is 9.26. The van der Waals surface area contributed by atoms with Crippen LogP contribution in [0, 0.1) is 0 Å². The van der Waals surface area contributed by atoms with E-state index in [1.807, 2.05) is 12.1 Å². The van der Waals surface area contributed by atoms with Crippen molar-refractivity contribution in [2.75, 3.05) is 13.1 Å². The molecule has 6 heteroatoms. The van der Waals surface area contributed by atoms with Crippen molar-refractivity contribution in [3.8, 4) is 0 Å². The van der Waals surface area contributed by atoms with Crippen LogP contribution in [0.15, 0.2) is 60.7 Å². The van der Waals surface area contributed by atoms with E-state index in [4.69, 9.17) is 24.4 Å². The van der Waals surface area contributed by atoms with Gasteiger partial charge in [0.15, 0.2) is 0 Å². The highest BCUT2D eigenvalue weighted by atomic mass is 33.1. The minimum absolute atomic E-state index is 0.788. The molecule has 0 fully saturated rings. The summed E-state index contributed by atoms with van der Waals surface area (Å²) in [7, 11) is 3.04. The first-order valence-electron chi connectivity index (χ1n) is 8.72. The molecule has 0 spiro atoms. The highest BCUT2D eigenvalue weighted by Gasteiger charge is 2.02. The molecule has 26 heavy (non-hydrogen) atoms. The molecule has 0 unspecified atom stereocenters. The average molecular weight is 421 g/mol. The Bertz CT molecular complexity index is 603. The lowest BCUT2D eigenvalue weighted by atomic mass is 10.1. The molecule has 2 rings (SSSR count). The maximum Gasteiger partial charge on any atom is 0.144 e. The first kappa shape index (κ1) is 21.2. The lowest BCUT2D eigenvalue weighted by molar-refractivity contribution is 0.782. The molecule has 0 saturated carbocycles. The first-order valence-corrected chi connectivity index (χ1v) is 11.7. The van der Waals surface area contributed by atoms with Gasteiger partial charge in [-0.25, -0.2) is 0 Å². The third-order valence-electron chi connectivity index (χ3n) is 3.70. The number of rotatable bonds is 8. The fraction of sp³-hybridized carbons (Fsp3) is 0.300. The van der Waals surface area contributed by atoms with Gasteiger partial charge in [-0.2, -0.15) is 0 Å². The number of nitrogens with one attached hydrogen (secondary N) is 2. The van der Waals surface area contributed by atoms with Crippen molar-refractivity contribution in [2.45, 2.75) is 25.7 Å². The SMILES string of the molecule is S=C(NCCCc1ccccc1)SSC(=S)NCCCc1ccccc1. The fourth-order valence-electron chi connectivity index (χ4n) is 2.39. The molecule has 0 radical (unpaired) electrons. The largest absolute Gasteiger partial charge is 0.370 e. The zero-order chi connectivity index (χ0) is 18.5. The summed E-state index contributed by atoms with van der Waals surface area (Å²) in [4.78, 5) is 0. The van der Waals surface area contributed by atoms with Gasteiger partial charge < -0.3 is 10.6 Å². The van der Waals surface area contributed by atoms with Crippen LogP contribution in [0.3, 0.4) is 0 Å². The van der Waals surface area contributed by atoms with Crippen LogP contribution in [-0.2, 0) is 12.8 Å². The van der Waals surface area contributed by atoms with E-state index >= 15 is 0 Å². The molecule has 0 bridgehead atoms. The Hall–Kier alpha value is -1.08. The van der Waals surface area contributed by atoms with Crippen LogP contribution in [0.25, 0.3) is 0 Å². The van der Waals surface area contributed by atoms with E-state index in [-0.39, 0.29) is 0 Å². The van der Waals surface area contributed by atoms with Gasteiger partial charge in [-0.3, -0.25) is 0 Å². The minimum atomic E-state index is 0.788. The third kappa shape index (κ3) is 9.57. The monoisotopic (exact) mass is 420 g/mol. The van der Waals surface area contributed by atoms with E-state index in [0.717, 1.165) is 47.4 Å². The van der Waals surface area contributed by atoms with Crippen molar-refractivity contribution in [2.24, 2.45) is 0 Å². The number of thiocarbonyl (C=S) groups is 2. The highest BCUT2D eigenvalue weighted by Crippen LogP contribution is 2.23. The predicted octanol–water partition coefficient (Wildman–Crippen LogP) is 5.38. The summed E-state index contributed by atoms with van der Waals surface area (Å²) < 4.78 is 1.58. The number of benzene rings is 2. The molecule has 138 valence electrons. The van der Waals surface area contributed by atoms with Crippen LogP contribution in [0.2, 0.25) is 0 Å². The quantitative estimate of drug-likeness (QED) is 0.338. The Morgan fingerprint density at radius 1 is 0.654 bits per heavy atom. The first-order chi connectivity index (χ1) is 12.7. The Morgan fingerprint density at radius 3 is 1.42 bits per heavy atom. The van der Waals surface area contributed by atoms with Gasteiger partial charge in [-0.05, 0) is 58.4 Å². The molecule has 0 aliphatic heterocycles. The maximum absolute atomic E-state index is 5.35. The van der Waals surface area contributed by atoms with Crippen molar-refractivity contribution in [1.29, 1.82) is 0 Å². The van der Waals surface area contributed by atoms with Gasteiger partial charge in [0.2, 0.25) is 0 Å². The van der Waals surface area contributed by atoms with Gasteiger partial charge >= 0.3 is 0 Å². The molecule has 2 aromatic rings. The van der Waals surface area contributed by atoms with Gasteiger partial charge in [0.25, 0.3) is 0 Å². The van der Waals surface area contributed by atoms with Gasteiger partial charge in [0.05, 0.1) is 0 Å². The second kappa shape index (κ2) is 13.1. The minimum Gasteiger partial charge on any atom is -0.370 e. The molecule has 0 atom stereocenters. The van der Waals surface area contributed by atoms with Crippen LogP contribution in [0.4, 0.5) is 0 Å². The summed E-state index contributed by atoms with van der Waals surface area (Å²) in [5.74, 6) is 0. The lowest BCUT2D eigenvalue weighted by Crippen LogP contribution is -2.22. The molecular weight excluding hydrogens is 397 g/mol. The molecule has 2 aromatic carbocycles. The number of hydrogen-bond donors (Lipinski definition) is 2. The second-order valence-electron chi connectivity index (χ2n) is 5.77. The molecule has 2 N–H and O–H groups in total. The Kier molecular flexibility index (Phi) is 10.7. The summed E-state index contributed by atoms with van der Waals surface area (Å²) in [6.07, 6.45) is 4.26. The average Bonchev–Trinajstić information content (AvgIpc) is 2.68. The van der Waals surface area contributed by atoms with Crippen molar-refractivity contribution in [3.05, 3.63) is 71.8 Å². The third-order valence-corrected chi connectivity index (χ3v) is 7.05. The van der Waals surface area contributed by atoms with Crippen LogP contribution in [-0.4, -0.2) is 21.7 Å². The smallest absolute Gasteiger partial charge is 0.144 e. The van der Waals surface area contributed by atoms with Crippen molar-refractivity contribution in [3.63, 3.8) is 0 Å². The normalized spacial score (nSPS) is 10.3. The van der Waals surface area contributed by atoms with Gasteiger partial charge in [0.1, 0.15) is 8.64 Å². The van der Waals surface area contributed by atoms with Crippen LogP contribution >= 0.6 is 46.0 Å². The highest BCUT2D eigenvalue weighted by molar-refractivity contribution is 8.89. The summed E-state index contributed by atoms with van der Waals surface area (Å²) in [6.45, 7) is 1.77. The van der Waals surface area contributed by atoms with E-state index in [1.165, 1.54) is 32.7 Å². The lowest BCUT2D eigenvalue weighted by Gasteiger charge is -2.09. The molecule has 0 amide bonds. The molecule has 0 saturated heterocycles. The van der Waals surface area contributed by atoms with Gasteiger partial charge in [0, 0.05) is 13.1 Å². The molecule has 0 aromatic heterocycles. The fourth-order valence-corrected chi connectivity index (χ4v) is 4.49. The zero-order valence-corrected chi connectivity index (χ0v) is 17.9. The van der Waals surface area contributed by atoms with Crippen molar-refractivity contribution in [1.82, 2.24) is 10.6 Å². The summed E-state index contributed by atoms with van der Waals surface area (Å²) in [6, 6.07) is 21.0. The van der Waals surface area contributed by atoms with Gasteiger partial charge in [-0.15, -0.1) is 0 Å². The Labute approximate surface area is 175 Å². The van der Waals surface area contributed by atoms with Crippen LogP contribution in [0.1, 0.15) is 24.0 Å². The van der Waals surface area contributed by atoms with Crippen LogP contribution < -0.4 is 10.6 Å². The summed E-state index contributed by atoms with van der Waals surface area (Å²) in [5, 5.41) is 6.57.